The third-order valence-electron chi connectivity index (χ3n) is 5.96. The van der Waals surface area contributed by atoms with Gasteiger partial charge in [-0.25, -0.2) is 9.37 Å². The van der Waals surface area contributed by atoms with Gasteiger partial charge in [-0.2, -0.15) is 0 Å². The highest BCUT2D eigenvalue weighted by Crippen LogP contribution is 2.34. The monoisotopic (exact) mass is 486 g/mol. The van der Waals surface area contributed by atoms with E-state index in [-0.39, 0.29) is 11.7 Å². The minimum Gasteiger partial charge on any atom is -0.473 e. The van der Waals surface area contributed by atoms with Crippen LogP contribution < -0.4 is 9.64 Å². The average Bonchev–Trinajstić information content (AvgIpc) is 2.81. The highest BCUT2D eigenvalue weighted by molar-refractivity contribution is 5.92. The number of ether oxygens (including phenoxy) is 1. The van der Waals surface area contributed by atoms with Gasteiger partial charge in [0.1, 0.15) is 12.4 Å². The summed E-state index contributed by atoms with van der Waals surface area (Å²) in [7, 11) is 0. The first kappa shape index (κ1) is 26.9. The molecule has 0 radical (unpaired) electrons. The molecule has 0 fully saturated rings. The number of rotatable bonds is 8. The van der Waals surface area contributed by atoms with Crippen LogP contribution in [-0.4, -0.2) is 24.0 Å². The molecule has 0 aliphatic rings. The minimum atomic E-state index is -0.356. The highest BCUT2D eigenvalue weighted by Gasteiger charge is 2.16. The Bertz CT molecular complexity index is 1300. The minimum absolute atomic E-state index is 0.127. The van der Waals surface area contributed by atoms with Crippen LogP contribution in [0.3, 0.4) is 0 Å². The largest absolute Gasteiger partial charge is 0.473 e. The molecule has 0 N–H and O–H groups in total. The zero-order valence-corrected chi connectivity index (χ0v) is 22.3. The second kappa shape index (κ2) is 11.8. The van der Waals surface area contributed by atoms with E-state index in [1.807, 2.05) is 71.9 Å². The number of halogens is 1. The maximum atomic E-state index is 15.3. The number of nitrogens with zero attached hydrogens (tertiary/aromatic N) is 2. The Morgan fingerprint density at radius 2 is 1.56 bits per heavy atom. The fourth-order valence-electron chi connectivity index (χ4n) is 3.92. The molecule has 36 heavy (non-hydrogen) atoms. The van der Waals surface area contributed by atoms with E-state index in [1.54, 1.807) is 23.2 Å². The standard InChI is InChI=1S/C31H35FN2O2/c1-20(2)12-14-34(24(7)35)26-9-10-27(30(32)18-26)29-17-22(5)28(16-23(29)6)25-8-11-31(33-19-25)36-15-13-21(3)4/h8-13,16-19H,14-15H2,1-7H3. The molecule has 5 heteroatoms. The smallest absolute Gasteiger partial charge is 0.224 e. The molecule has 0 unspecified atom stereocenters. The molecule has 3 rings (SSSR count). The Morgan fingerprint density at radius 3 is 2.14 bits per heavy atom. The fraction of sp³-hybridized carbons (Fsp3) is 0.290. The molecule has 0 aliphatic carbocycles. The number of aromatic nitrogens is 1. The molecule has 0 atom stereocenters. The van der Waals surface area contributed by atoms with E-state index in [4.69, 9.17) is 4.74 Å². The van der Waals surface area contributed by atoms with Crippen LogP contribution in [0, 0.1) is 19.7 Å². The van der Waals surface area contributed by atoms with Gasteiger partial charge < -0.3 is 9.64 Å². The predicted octanol–water partition coefficient (Wildman–Crippen LogP) is 7.84. The molecular weight excluding hydrogens is 451 g/mol. The summed E-state index contributed by atoms with van der Waals surface area (Å²) in [5, 5.41) is 0. The van der Waals surface area contributed by atoms with Gasteiger partial charge in [0.25, 0.3) is 0 Å². The lowest BCUT2D eigenvalue weighted by atomic mass is 9.92. The van der Waals surface area contributed by atoms with Crippen molar-refractivity contribution in [3.63, 3.8) is 0 Å². The number of carbonyl (C=O) groups is 1. The molecule has 4 nitrogen and oxygen atoms in total. The summed E-state index contributed by atoms with van der Waals surface area (Å²) in [4.78, 5) is 18.2. The number of pyridine rings is 1. The van der Waals surface area contributed by atoms with Gasteiger partial charge in [0.2, 0.25) is 11.8 Å². The second-order valence-electron chi connectivity index (χ2n) is 9.53. The Hall–Kier alpha value is -3.73. The van der Waals surface area contributed by atoms with E-state index in [0.29, 0.717) is 30.3 Å². The number of allylic oxidation sites excluding steroid dienone is 2. The van der Waals surface area contributed by atoms with Crippen LogP contribution in [0.5, 0.6) is 5.88 Å². The summed E-state index contributed by atoms with van der Waals surface area (Å²) in [6.45, 7) is 14.4. The summed E-state index contributed by atoms with van der Waals surface area (Å²) in [5.41, 5.74) is 8.18. The zero-order valence-electron chi connectivity index (χ0n) is 22.3. The Kier molecular flexibility index (Phi) is 8.81. The van der Waals surface area contributed by atoms with Gasteiger partial charge in [0.05, 0.1) is 0 Å². The van der Waals surface area contributed by atoms with E-state index in [1.165, 1.54) is 18.6 Å². The van der Waals surface area contributed by atoms with Gasteiger partial charge in [-0.05, 0) is 94.1 Å². The molecule has 0 spiro atoms. The molecule has 0 saturated carbocycles. The average molecular weight is 487 g/mol. The summed E-state index contributed by atoms with van der Waals surface area (Å²) < 4.78 is 21.0. The first-order chi connectivity index (χ1) is 17.1. The molecule has 1 amide bonds. The van der Waals surface area contributed by atoms with Crippen LogP contribution in [0.4, 0.5) is 10.1 Å². The topological polar surface area (TPSA) is 42.4 Å². The van der Waals surface area contributed by atoms with Gasteiger partial charge in [-0.15, -0.1) is 0 Å². The Labute approximate surface area is 214 Å². The Morgan fingerprint density at radius 1 is 0.889 bits per heavy atom. The molecule has 0 aliphatic heterocycles. The molecule has 0 bridgehead atoms. The number of hydrogen-bond acceptors (Lipinski definition) is 3. The first-order valence-electron chi connectivity index (χ1n) is 12.1. The lowest BCUT2D eigenvalue weighted by molar-refractivity contribution is -0.116. The number of benzene rings is 2. The van der Waals surface area contributed by atoms with E-state index >= 15 is 4.39 Å². The maximum Gasteiger partial charge on any atom is 0.224 e. The van der Waals surface area contributed by atoms with Gasteiger partial charge in [0.15, 0.2) is 0 Å². The molecule has 1 heterocycles. The van der Waals surface area contributed by atoms with Gasteiger partial charge in [0, 0.05) is 42.5 Å². The van der Waals surface area contributed by atoms with Crippen molar-refractivity contribution >= 4 is 11.6 Å². The number of carbonyl (C=O) groups excluding carboxylic acids is 1. The first-order valence-corrected chi connectivity index (χ1v) is 12.1. The van der Waals surface area contributed by atoms with Crippen molar-refractivity contribution in [3.05, 3.63) is 88.9 Å². The van der Waals surface area contributed by atoms with Crippen molar-refractivity contribution in [1.82, 2.24) is 4.98 Å². The normalized spacial score (nSPS) is 10.6. The molecule has 188 valence electrons. The van der Waals surface area contributed by atoms with Gasteiger partial charge in [-0.1, -0.05) is 29.4 Å². The van der Waals surface area contributed by atoms with E-state index in [9.17, 15) is 4.79 Å². The summed E-state index contributed by atoms with van der Waals surface area (Å²) in [6, 6.07) is 12.9. The van der Waals surface area contributed by atoms with Crippen molar-refractivity contribution in [2.45, 2.75) is 48.5 Å². The van der Waals surface area contributed by atoms with Crippen LogP contribution in [-0.2, 0) is 4.79 Å². The van der Waals surface area contributed by atoms with Crippen LogP contribution in [0.2, 0.25) is 0 Å². The molecule has 1 aromatic heterocycles. The van der Waals surface area contributed by atoms with Gasteiger partial charge >= 0.3 is 0 Å². The summed E-state index contributed by atoms with van der Waals surface area (Å²) in [5.74, 6) is 0.0948. The molecule has 3 aromatic rings. The zero-order chi connectivity index (χ0) is 26.4. The molecule has 2 aromatic carbocycles. The lowest BCUT2D eigenvalue weighted by Gasteiger charge is -2.21. The quantitative estimate of drug-likeness (QED) is 0.305. The SMILES string of the molecule is CC(=O)N(CC=C(C)C)c1ccc(-c2cc(C)c(-c3ccc(OCC=C(C)C)nc3)cc2C)c(F)c1. The van der Waals surface area contributed by atoms with Crippen LogP contribution in [0.1, 0.15) is 45.7 Å². The third kappa shape index (κ3) is 6.69. The highest BCUT2D eigenvalue weighted by atomic mass is 19.1. The van der Waals surface area contributed by atoms with Crippen molar-refractivity contribution in [2.75, 3.05) is 18.1 Å². The van der Waals surface area contributed by atoms with E-state index in [0.717, 1.165) is 33.4 Å². The van der Waals surface area contributed by atoms with E-state index < -0.39 is 0 Å². The number of amides is 1. The third-order valence-corrected chi connectivity index (χ3v) is 5.96. The lowest BCUT2D eigenvalue weighted by Crippen LogP contribution is -2.28. The second-order valence-corrected chi connectivity index (χ2v) is 9.53. The van der Waals surface area contributed by atoms with Crippen molar-refractivity contribution < 1.29 is 13.9 Å². The van der Waals surface area contributed by atoms with Crippen LogP contribution >= 0.6 is 0 Å². The number of hydrogen-bond donors (Lipinski definition) is 0. The van der Waals surface area contributed by atoms with Gasteiger partial charge in [-0.3, -0.25) is 4.79 Å². The summed E-state index contributed by atoms with van der Waals surface area (Å²) >= 11 is 0. The van der Waals surface area contributed by atoms with Crippen molar-refractivity contribution in [3.8, 4) is 28.1 Å². The van der Waals surface area contributed by atoms with Crippen LogP contribution in [0.25, 0.3) is 22.3 Å². The molecular formula is C31H35FN2O2. The van der Waals surface area contributed by atoms with E-state index in [2.05, 4.69) is 11.1 Å². The number of aryl methyl sites for hydroxylation is 2. The Balaban J connectivity index is 1.88. The number of anilines is 1. The van der Waals surface area contributed by atoms with Crippen LogP contribution in [0.15, 0.2) is 72.0 Å². The van der Waals surface area contributed by atoms with Crippen molar-refractivity contribution in [1.29, 1.82) is 0 Å². The summed E-state index contributed by atoms with van der Waals surface area (Å²) in [6.07, 6.45) is 5.77. The predicted molar refractivity (Wildman–Crippen MR) is 147 cm³/mol. The molecule has 0 saturated heterocycles. The maximum absolute atomic E-state index is 15.3. The van der Waals surface area contributed by atoms with Crippen molar-refractivity contribution in [2.24, 2.45) is 0 Å². The fourth-order valence-corrected chi connectivity index (χ4v) is 3.92.